The van der Waals surface area contributed by atoms with Gasteiger partial charge in [-0.1, -0.05) is 6.92 Å². The van der Waals surface area contributed by atoms with Crippen LogP contribution in [0.5, 0.6) is 0 Å². The third-order valence-electron chi connectivity index (χ3n) is 4.44. The maximum absolute atomic E-state index is 11.8. The fourth-order valence-electron chi connectivity index (χ4n) is 3.05. The number of nitrogens with zero attached hydrogens (tertiary/aromatic N) is 2. The Labute approximate surface area is 144 Å². The number of hydrogen-bond donors (Lipinski definition) is 0. The summed E-state index contributed by atoms with van der Waals surface area (Å²) in [5.74, 6) is 0.145. The van der Waals surface area contributed by atoms with E-state index in [9.17, 15) is 13.2 Å². The van der Waals surface area contributed by atoms with Crippen LogP contribution in [0.2, 0.25) is 0 Å². The predicted molar refractivity (Wildman–Crippen MR) is 87.7 cm³/mol. The molecule has 1 atom stereocenters. The number of carbonyl (C=O) groups is 1. The Morgan fingerprint density at radius 1 is 1.17 bits per heavy atom. The molecule has 2 fully saturated rings. The van der Waals surface area contributed by atoms with Crippen molar-refractivity contribution in [3.63, 3.8) is 0 Å². The molecule has 0 aromatic carbocycles. The van der Waals surface area contributed by atoms with E-state index in [1.807, 2.05) is 11.8 Å². The highest BCUT2D eigenvalue weighted by atomic mass is 32.3. The van der Waals surface area contributed by atoms with E-state index in [4.69, 9.17) is 13.1 Å². The highest BCUT2D eigenvalue weighted by Crippen LogP contribution is 2.18. The first kappa shape index (κ1) is 19.6. The monoisotopic (exact) mass is 364 g/mol. The van der Waals surface area contributed by atoms with E-state index < -0.39 is 10.4 Å². The Morgan fingerprint density at radius 2 is 1.88 bits per heavy atom. The lowest BCUT2D eigenvalue weighted by Crippen LogP contribution is -2.38. The molecule has 2 aliphatic heterocycles. The zero-order valence-corrected chi connectivity index (χ0v) is 15.1. The maximum Gasteiger partial charge on any atom is 0.399 e. The SMILES string of the molecule is CCC(CCOS(=O)(=O)OCCN1CCOCC1)N1CCCC1=O. The van der Waals surface area contributed by atoms with Crippen molar-refractivity contribution in [2.75, 3.05) is 52.6 Å². The van der Waals surface area contributed by atoms with E-state index >= 15 is 0 Å². The Bertz CT molecular complexity index is 492. The molecule has 2 rings (SSSR count). The summed E-state index contributed by atoms with van der Waals surface area (Å²) in [5.41, 5.74) is 0. The minimum absolute atomic E-state index is 0.0299. The second kappa shape index (κ2) is 9.67. The van der Waals surface area contributed by atoms with Crippen LogP contribution in [0.3, 0.4) is 0 Å². The molecule has 0 aliphatic carbocycles. The summed E-state index contributed by atoms with van der Waals surface area (Å²) in [4.78, 5) is 15.7. The molecular formula is C15H28N2O6S. The number of amides is 1. The van der Waals surface area contributed by atoms with Gasteiger partial charge in [0.05, 0.1) is 26.4 Å². The molecule has 0 saturated carbocycles. The Kier molecular flexibility index (Phi) is 7.89. The third-order valence-corrected chi connectivity index (χ3v) is 5.35. The van der Waals surface area contributed by atoms with Gasteiger partial charge in [0.1, 0.15) is 0 Å². The van der Waals surface area contributed by atoms with Crippen LogP contribution in [-0.4, -0.2) is 82.8 Å². The molecule has 2 heterocycles. The molecule has 0 spiro atoms. The standard InChI is InChI=1S/C15H28N2O6S/c1-2-14(17-6-3-4-15(17)18)5-10-22-24(19,20)23-13-9-16-7-11-21-12-8-16/h14H,2-13H2,1H3. The summed E-state index contributed by atoms with van der Waals surface area (Å²) in [6, 6.07) is 0.0311. The number of carbonyl (C=O) groups excluding carboxylic acids is 1. The van der Waals surface area contributed by atoms with Gasteiger partial charge in [0.2, 0.25) is 5.91 Å². The molecule has 0 aromatic rings. The van der Waals surface area contributed by atoms with Crippen molar-refractivity contribution < 1.29 is 26.3 Å². The lowest BCUT2D eigenvalue weighted by Gasteiger charge is -2.27. The van der Waals surface area contributed by atoms with Crippen molar-refractivity contribution in [3.05, 3.63) is 0 Å². The molecule has 140 valence electrons. The summed E-state index contributed by atoms with van der Waals surface area (Å²) < 4.78 is 38.5. The maximum atomic E-state index is 11.8. The van der Waals surface area contributed by atoms with Gasteiger partial charge >= 0.3 is 10.4 Å². The lowest BCUT2D eigenvalue weighted by atomic mass is 10.1. The van der Waals surface area contributed by atoms with E-state index in [1.54, 1.807) is 0 Å². The van der Waals surface area contributed by atoms with Gasteiger partial charge < -0.3 is 9.64 Å². The molecule has 0 bridgehead atoms. The average Bonchev–Trinajstić information content (AvgIpc) is 2.98. The molecule has 2 saturated heterocycles. The number of ether oxygens (including phenoxy) is 1. The Hall–Kier alpha value is -0.740. The largest absolute Gasteiger partial charge is 0.399 e. The molecule has 0 N–H and O–H groups in total. The number of likely N-dealkylation sites (tertiary alicyclic amines) is 1. The zero-order valence-electron chi connectivity index (χ0n) is 14.3. The minimum atomic E-state index is -3.98. The molecule has 0 aromatic heterocycles. The van der Waals surface area contributed by atoms with Crippen molar-refractivity contribution in [2.45, 2.75) is 38.6 Å². The quantitative estimate of drug-likeness (QED) is 0.554. The van der Waals surface area contributed by atoms with Crippen molar-refractivity contribution in [1.29, 1.82) is 0 Å². The van der Waals surface area contributed by atoms with E-state index in [-0.39, 0.29) is 25.2 Å². The molecule has 0 radical (unpaired) electrons. The van der Waals surface area contributed by atoms with Gasteiger partial charge in [-0.05, 0) is 19.3 Å². The summed E-state index contributed by atoms with van der Waals surface area (Å²) in [6.07, 6.45) is 2.74. The average molecular weight is 364 g/mol. The van der Waals surface area contributed by atoms with Gasteiger partial charge in [-0.2, -0.15) is 8.42 Å². The first-order chi connectivity index (χ1) is 11.5. The smallest absolute Gasteiger partial charge is 0.379 e. The van der Waals surface area contributed by atoms with Crippen LogP contribution in [-0.2, 0) is 28.3 Å². The van der Waals surface area contributed by atoms with Crippen molar-refractivity contribution >= 4 is 16.3 Å². The van der Waals surface area contributed by atoms with Gasteiger partial charge in [-0.3, -0.25) is 9.69 Å². The summed E-state index contributed by atoms with van der Waals surface area (Å²) in [6.45, 7) is 6.27. The fourth-order valence-corrected chi connectivity index (χ4v) is 3.70. The Morgan fingerprint density at radius 3 is 2.50 bits per heavy atom. The van der Waals surface area contributed by atoms with Crippen LogP contribution in [0.1, 0.15) is 32.6 Å². The van der Waals surface area contributed by atoms with Crippen molar-refractivity contribution in [2.24, 2.45) is 0 Å². The van der Waals surface area contributed by atoms with E-state index in [2.05, 4.69) is 4.90 Å². The number of morpholine rings is 1. The fraction of sp³-hybridized carbons (Fsp3) is 0.933. The highest BCUT2D eigenvalue weighted by molar-refractivity contribution is 7.81. The summed E-state index contributed by atoms with van der Waals surface area (Å²) in [7, 11) is -3.98. The summed E-state index contributed by atoms with van der Waals surface area (Å²) in [5, 5.41) is 0. The zero-order chi connectivity index (χ0) is 17.4. The van der Waals surface area contributed by atoms with Gasteiger partial charge in [-0.15, -0.1) is 0 Å². The molecule has 2 aliphatic rings. The lowest BCUT2D eigenvalue weighted by molar-refractivity contribution is -0.129. The van der Waals surface area contributed by atoms with E-state index in [0.717, 1.165) is 32.5 Å². The van der Waals surface area contributed by atoms with Crippen LogP contribution >= 0.6 is 0 Å². The molecule has 9 heteroatoms. The van der Waals surface area contributed by atoms with Crippen LogP contribution < -0.4 is 0 Å². The summed E-state index contributed by atoms with van der Waals surface area (Å²) >= 11 is 0. The molecule has 1 amide bonds. The molecule has 1 unspecified atom stereocenters. The topological polar surface area (TPSA) is 85.4 Å². The predicted octanol–water partition coefficient (Wildman–Crippen LogP) is 0.388. The van der Waals surface area contributed by atoms with Gasteiger partial charge in [-0.25, -0.2) is 8.37 Å². The van der Waals surface area contributed by atoms with Crippen LogP contribution in [0.15, 0.2) is 0 Å². The second-order valence-corrected chi connectivity index (χ2v) is 7.34. The van der Waals surface area contributed by atoms with Crippen LogP contribution in [0, 0.1) is 0 Å². The third kappa shape index (κ3) is 6.29. The first-order valence-electron chi connectivity index (χ1n) is 8.65. The van der Waals surface area contributed by atoms with Crippen molar-refractivity contribution in [3.8, 4) is 0 Å². The molecular weight excluding hydrogens is 336 g/mol. The van der Waals surface area contributed by atoms with Crippen LogP contribution in [0.4, 0.5) is 0 Å². The normalized spacial score (nSPS) is 21.4. The van der Waals surface area contributed by atoms with E-state index in [0.29, 0.717) is 32.6 Å². The number of rotatable bonds is 10. The van der Waals surface area contributed by atoms with E-state index in [1.165, 1.54) is 0 Å². The Balaban J connectivity index is 1.64. The van der Waals surface area contributed by atoms with Gasteiger partial charge in [0.25, 0.3) is 0 Å². The first-order valence-corrected chi connectivity index (χ1v) is 9.98. The highest BCUT2D eigenvalue weighted by Gasteiger charge is 2.27. The van der Waals surface area contributed by atoms with Gasteiger partial charge in [0.15, 0.2) is 0 Å². The molecule has 24 heavy (non-hydrogen) atoms. The van der Waals surface area contributed by atoms with Crippen molar-refractivity contribution in [1.82, 2.24) is 9.80 Å². The van der Waals surface area contributed by atoms with Gasteiger partial charge in [0, 0.05) is 38.6 Å². The second-order valence-electron chi connectivity index (χ2n) is 6.05. The molecule has 8 nitrogen and oxygen atoms in total. The number of hydrogen-bond acceptors (Lipinski definition) is 7. The minimum Gasteiger partial charge on any atom is -0.379 e. The van der Waals surface area contributed by atoms with Crippen LogP contribution in [0.25, 0.3) is 0 Å².